The average molecular weight is 204 g/mol. The van der Waals surface area contributed by atoms with Gasteiger partial charge < -0.3 is 0 Å². The molecule has 0 aliphatic heterocycles. The van der Waals surface area contributed by atoms with Crippen LogP contribution in [0.2, 0.25) is 0 Å². The van der Waals surface area contributed by atoms with Crippen LogP contribution in [0.25, 0.3) is 5.65 Å². The van der Waals surface area contributed by atoms with E-state index < -0.39 is 0 Å². The Bertz CT molecular complexity index is 446. The molecule has 0 atom stereocenters. The Morgan fingerprint density at radius 2 is 2.07 bits per heavy atom. The van der Waals surface area contributed by atoms with E-state index in [-0.39, 0.29) is 0 Å². The standard InChI is InChI=1S/C11H16N4/c1-7(2)5-10-13-11-9(4)12-6-8(3)15(11)14-10/h6-7H,5H2,1-4H3. The van der Waals surface area contributed by atoms with E-state index in [9.17, 15) is 0 Å². The van der Waals surface area contributed by atoms with Gasteiger partial charge in [0, 0.05) is 12.6 Å². The van der Waals surface area contributed by atoms with Crippen LogP contribution in [0.5, 0.6) is 0 Å². The number of aromatic nitrogens is 4. The van der Waals surface area contributed by atoms with Crippen molar-refractivity contribution in [2.75, 3.05) is 0 Å². The topological polar surface area (TPSA) is 43.1 Å². The second kappa shape index (κ2) is 3.61. The minimum absolute atomic E-state index is 0.580. The predicted molar refractivity (Wildman–Crippen MR) is 58.8 cm³/mol. The molecular formula is C11H16N4. The molecule has 80 valence electrons. The van der Waals surface area contributed by atoms with Crippen molar-refractivity contribution in [2.24, 2.45) is 5.92 Å². The van der Waals surface area contributed by atoms with E-state index in [1.165, 1.54) is 0 Å². The summed E-state index contributed by atoms with van der Waals surface area (Å²) < 4.78 is 1.88. The SMILES string of the molecule is Cc1ncc(C)n2nc(CC(C)C)nc12. The van der Waals surface area contributed by atoms with E-state index in [1.54, 1.807) is 0 Å². The Balaban J connectivity index is 2.54. The van der Waals surface area contributed by atoms with Gasteiger partial charge in [-0.05, 0) is 19.8 Å². The number of nitrogens with zero attached hydrogens (tertiary/aromatic N) is 4. The molecule has 0 bridgehead atoms. The van der Waals surface area contributed by atoms with Gasteiger partial charge in [-0.15, -0.1) is 0 Å². The first-order valence-electron chi connectivity index (χ1n) is 5.26. The highest BCUT2D eigenvalue weighted by Crippen LogP contribution is 2.10. The second-order valence-corrected chi connectivity index (χ2v) is 4.35. The smallest absolute Gasteiger partial charge is 0.177 e. The molecule has 0 fully saturated rings. The molecule has 15 heavy (non-hydrogen) atoms. The van der Waals surface area contributed by atoms with E-state index in [0.717, 1.165) is 29.3 Å². The Labute approximate surface area is 89.4 Å². The molecule has 0 unspecified atom stereocenters. The van der Waals surface area contributed by atoms with Gasteiger partial charge in [-0.25, -0.2) is 9.50 Å². The maximum atomic E-state index is 4.50. The molecule has 0 spiro atoms. The van der Waals surface area contributed by atoms with Gasteiger partial charge in [-0.3, -0.25) is 4.98 Å². The van der Waals surface area contributed by atoms with Crippen molar-refractivity contribution in [2.45, 2.75) is 34.1 Å². The van der Waals surface area contributed by atoms with Gasteiger partial charge in [-0.1, -0.05) is 13.8 Å². The summed E-state index contributed by atoms with van der Waals surface area (Å²) in [4.78, 5) is 8.78. The summed E-state index contributed by atoms with van der Waals surface area (Å²) in [5.74, 6) is 1.49. The molecular weight excluding hydrogens is 188 g/mol. The molecule has 4 nitrogen and oxygen atoms in total. The zero-order chi connectivity index (χ0) is 11.0. The summed E-state index contributed by atoms with van der Waals surface area (Å²) >= 11 is 0. The second-order valence-electron chi connectivity index (χ2n) is 4.35. The molecule has 0 N–H and O–H groups in total. The zero-order valence-electron chi connectivity index (χ0n) is 9.65. The number of hydrogen-bond acceptors (Lipinski definition) is 3. The van der Waals surface area contributed by atoms with E-state index in [1.807, 2.05) is 24.6 Å². The molecule has 2 aromatic heterocycles. The van der Waals surface area contributed by atoms with Gasteiger partial charge in [0.05, 0.1) is 11.4 Å². The fourth-order valence-electron chi connectivity index (χ4n) is 1.59. The molecule has 0 aromatic carbocycles. The van der Waals surface area contributed by atoms with Crippen molar-refractivity contribution in [1.82, 2.24) is 19.6 Å². The summed E-state index contributed by atoms with van der Waals surface area (Å²) in [5, 5.41) is 4.48. The monoisotopic (exact) mass is 204 g/mol. The Hall–Kier alpha value is -1.45. The average Bonchev–Trinajstić information content (AvgIpc) is 2.55. The fourth-order valence-corrected chi connectivity index (χ4v) is 1.59. The minimum atomic E-state index is 0.580. The van der Waals surface area contributed by atoms with Crippen molar-refractivity contribution in [3.05, 3.63) is 23.4 Å². The van der Waals surface area contributed by atoms with Crippen molar-refractivity contribution >= 4 is 5.65 Å². The minimum Gasteiger partial charge on any atom is -0.256 e. The van der Waals surface area contributed by atoms with Crippen molar-refractivity contribution < 1.29 is 0 Å². The summed E-state index contributed by atoms with van der Waals surface area (Å²) in [5.41, 5.74) is 2.84. The van der Waals surface area contributed by atoms with Gasteiger partial charge >= 0.3 is 0 Å². The van der Waals surface area contributed by atoms with E-state index >= 15 is 0 Å². The summed E-state index contributed by atoms with van der Waals surface area (Å²) in [7, 11) is 0. The van der Waals surface area contributed by atoms with Crippen LogP contribution in [0.1, 0.15) is 31.1 Å². The van der Waals surface area contributed by atoms with Crippen LogP contribution in [-0.2, 0) is 6.42 Å². The molecule has 4 heteroatoms. The largest absolute Gasteiger partial charge is 0.256 e. The lowest BCUT2D eigenvalue weighted by molar-refractivity contribution is 0.619. The first kappa shape index (κ1) is 10.1. The first-order valence-corrected chi connectivity index (χ1v) is 5.26. The molecule has 0 aliphatic carbocycles. The molecule has 0 saturated carbocycles. The third-order valence-electron chi connectivity index (χ3n) is 2.34. The lowest BCUT2D eigenvalue weighted by Crippen LogP contribution is -1.99. The number of rotatable bonds is 2. The summed E-state index contributed by atoms with van der Waals surface area (Å²) in [6.45, 7) is 8.29. The normalized spacial score (nSPS) is 11.5. The Kier molecular flexibility index (Phi) is 2.42. The van der Waals surface area contributed by atoms with Gasteiger partial charge in [0.25, 0.3) is 0 Å². The summed E-state index contributed by atoms with van der Waals surface area (Å²) in [6.07, 6.45) is 2.75. The van der Waals surface area contributed by atoms with Crippen molar-refractivity contribution in [3.8, 4) is 0 Å². The van der Waals surface area contributed by atoms with Crippen molar-refractivity contribution in [3.63, 3.8) is 0 Å². The lowest BCUT2D eigenvalue weighted by Gasteiger charge is -1.98. The van der Waals surface area contributed by atoms with Crippen LogP contribution in [0.4, 0.5) is 0 Å². The van der Waals surface area contributed by atoms with Gasteiger partial charge in [0.2, 0.25) is 0 Å². The third-order valence-corrected chi connectivity index (χ3v) is 2.34. The van der Waals surface area contributed by atoms with Crippen LogP contribution in [0.3, 0.4) is 0 Å². The van der Waals surface area contributed by atoms with E-state index in [2.05, 4.69) is 28.9 Å². The Morgan fingerprint density at radius 3 is 2.67 bits per heavy atom. The number of aryl methyl sites for hydroxylation is 2. The van der Waals surface area contributed by atoms with Crippen LogP contribution in [0.15, 0.2) is 6.20 Å². The molecule has 0 aliphatic rings. The first-order chi connectivity index (χ1) is 7.08. The van der Waals surface area contributed by atoms with Gasteiger partial charge in [0.1, 0.15) is 0 Å². The van der Waals surface area contributed by atoms with Crippen LogP contribution >= 0.6 is 0 Å². The molecule has 2 heterocycles. The maximum Gasteiger partial charge on any atom is 0.177 e. The highest BCUT2D eigenvalue weighted by atomic mass is 15.3. The summed E-state index contributed by atoms with van der Waals surface area (Å²) in [6, 6.07) is 0. The van der Waals surface area contributed by atoms with E-state index in [4.69, 9.17) is 0 Å². The zero-order valence-corrected chi connectivity index (χ0v) is 9.65. The molecule has 0 amide bonds. The quantitative estimate of drug-likeness (QED) is 0.750. The third kappa shape index (κ3) is 1.84. The van der Waals surface area contributed by atoms with E-state index in [0.29, 0.717) is 5.92 Å². The van der Waals surface area contributed by atoms with Crippen LogP contribution in [0, 0.1) is 19.8 Å². The Morgan fingerprint density at radius 1 is 1.33 bits per heavy atom. The van der Waals surface area contributed by atoms with Gasteiger partial charge in [0.15, 0.2) is 11.5 Å². The van der Waals surface area contributed by atoms with Crippen molar-refractivity contribution in [1.29, 1.82) is 0 Å². The number of fused-ring (bicyclic) bond motifs is 1. The molecule has 0 radical (unpaired) electrons. The molecule has 0 saturated heterocycles. The number of hydrogen-bond donors (Lipinski definition) is 0. The van der Waals surface area contributed by atoms with Crippen LogP contribution in [-0.4, -0.2) is 19.6 Å². The fraction of sp³-hybridized carbons (Fsp3) is 0.545. The van der Waals surface area contributed by atoms with Crippen LogP contribution < -0.4 is 0 Å². The lowest BCUT2D eigenvalue weighted by atomic mass is 10.1. The highest BCUT2D eigenvalue weighted by molar-refractivity contribution is 5.43. The predicted octanol–water partition coefficient (Wildman–Crippen LogP) is 1.94. The molecule has 2 aromatic rings. The highest BCUT2D eigenvalue weighted by Gasteiger charge is 2.09. The maximum absolute atomic E-state index is 4.50. The molecule has 2 rings (SSSR count). The van der Waals surface area contributed by atoms with Gasteiger partial charge in [-0.2, -0.15) is 5.10 Å².